The quantitative estimate of drug-likeness (QED) is 0.682. The molecular weight excluding hydrogens is 314 g/mol. The van der Waals surface area contributed by atoms with Gasteiger partial charge in [0.2, 0.25) is 5.89 Å². The summed E-state index contributed by atoms with van der Waals surface area (Å²) in [4.78, 5) is 6.58. The van der Waals surface area contributed by atoms with Gasteiger partial charge in [0.25, 0.3) is 0 Å². The van der Waals surface area contributed by atoms with E-state index in [1.54, 1.807) is 0 Å². The lowest BCUT2D eigenvalue weighted by Crippen LogP contribution is -2.32. The molecule has 0 fully saturated rings. The van der Waals surface area contributed by atoms with Gasteiger partial charge in [0.05, 0.1) is 19.1 Å². The van der Waals surface area contributed by atoms with E-state index >= 15 is 0 Å². The van der Waals surface area contributed by atoms with Gasteiger partial charge in [-0.15, -0.1) is 0 Å². The maximum absolute atomic E-state index is 10.1. The van der Waals surface area contributed by atoms with Crippen molar-refractivity contribution in [1.82, 2.24) is 10.1 Å². The zero-order valence-electron chi connectivity index (χ0n) is 14.4. The summed E-state index contributed by atoms with van der Waals surface area (Å²) >= 11 is 0. The third-order valence-corrected chi connectivity index (χ3v) is 4.06. The van der Waals surface area contributed by atoms with Crippen molar-refractivity contribution in [3.05, 3.63) is 77.9 Å². The van der Waals surface area contributed by atoms with Crippen LogP contribution in [0.25, 0.3) is 0 Å². The smallest absolute Gasteiger partial charge is 0.231 e. The van der Waals surface area contributed by atoms with Crippen molar-refractivity contribution in [2.24, 2.45) is 0 Å². The van der Waals surface area contributed by atoms with Crippen molar-refractivity contribution >= 4 is 5.69 Å². The number of hydrogen-bond donors (Lipinski definition) is 1. The Morgan fingerprint density at radius 1 is 1.04 bits per heavy atom. The summed E-state index contributed by atoms with van der Waals surface area (Å²) in [6.07, 6.45) is 0.932. The lowest BCUT2D eigenvalue weighted by Gasteiger charge is -2.25. The second kappa shape index (κ2) is 8.44. The number of aromatic nitrogens is 2. The van der Waals surface area contributed by atoms with Crippen molar-refractivity contribution in [3.63, 3.8) is 0 Å². The first-order valence-corrected chi connectivity index (χ1v) is 8.58. The molecule has 0 saturated carbocycles. The van der Waals surface area contributed by atoms with Crippen LogP contribution in [0.5, 0.6) is 0 Å². The summed E-state index contributed by atoms with van der Waals surface area (Å²) in [5, 5.41) is 14.2. The van der Waals surface area contributed by atoms with Gasteiger partial charge in [-0.2, -0.15) is 4.98 Å². The molecule has 1 aromatic heterocycles. The highest BCUT2D eigenvalue weighted by molar-refractivity contribution is 5.46. The molecule has 0 aliphatic heterocycles. The van der Waals surface area contributed by atoms with E-state index < -0.39 is 6.10 Å². The van der Waals surface area contributed by atoms with Crippen LogP contribution in [-0.4, -0.2) is 27.9 Å². The van der Waals surface area contributed by atoms with Gasteiger partial charge in [-0.1, -0.05) is 60.6 Å². The molecule has 5 heteroatoms. The van der Waals surface area contributed by atoms with Crippen LogP contribution in [0.4, 0.5) is 5.69 Å². The highest BCUT2D eigenvalue weighted by Gasteiger charge is 2.15. The number of aliphatic hydroxyl groups excluding tert-OH is 1. The second-order valence-corrected chi connectivity index (χ2v) is 6.04. The molecule has 0 aliphatic carbocycles. The van der Waals surface area contributed by atoms with E-state index in [-0.39, 0.29) is 0 Å². The Labute approximate surface area is 147 Å². The highest BCUT2D eigenvalue weighted by atomic mass is 16.5. The maximum atomic E-state index is 10.1. The first-order chi connectivity index (χ1) is 12.2. The van der Waals surface area contributed by atoms with E-state index in [0.29, 0.717) is 37.6 Å². The molecule has 25 heavy (non-hydrogen) atoms. The predicted molar refractivity (Wildman–Crippen MR) is 97.3 cm³/mol. The Balaban J connectivity index is 1.71. The van der Waals surface area contributed by atoms with Crippen LogP contribution in [0.2, 0.25) is 0 Å². The normalized spacial score (nSPS) is 12.1. The van der Waals surface area contributed by atoms with Crippen LogP contribution in [-0.2, 0) is 13.0 Å². The molecule has 3 aromatic rings. The summed E-state index contributed by atoms with van der Waals surface area (Å²) in [7, 11) is 0. The molecule has 0 amide bonds. The van der Waals surface area contributed by atoms with E-state index in [0.717, 1.165) is 11.3 Å². The van der Waals surface area contributed by atoms with Crippen LogP contribution in [0, 0.1) is 0 Å². The predicted octanol–water partition coefficient (Wildman–Crippen LogP) is 3.44. The van der Waals surface area contributed by atoms with Gasteiger partial charge in [0.15, 0.2) is 5.82 Å². The zero-order chi connectivity index (χ0) is 17.5. The van der Waals surface area contributed by atoms with E-state index in [1.165, 1.54) is 0 Å². The molecular formula is C20H23N3O2. The average Bonchev–Trinajstić information content (AvgIpc) is 3.09. The van der Waals surface area contributed by atoms with Gasteiger partial charge in [-0.3, -0.25) is 0 Å². The summed E-state index contributed by atoms with van der Waals surface area (Å²) in [5.74, 6) is 1.23. The van der Waals surface area contributed by atoms with Crippen molar-refractivity contribution in [1.29, 1.82) is 0 Å². The Hall–Kier alpha value is -2.66. The molecule has 2 aromatic carbocycles. The topological polar surface area (TPSA) is 62.4 Å². The Morgan fingerprint density at radius 2 is 1.72 bits per heavy atom. The van der Waals surface area contributed by atoms with E-state index in [4.69, 9.17) is 4.52 Å². The van der Waals surface area contributed by atoms with Crippen molar-refractivity contribution < 1.29 is 9.63 Å². The van der Waals surface area contributed by atoms with Crippen molar-refractivity contribution in [2.45, 2.75) is 32.4 Å². The van der Waals surface area contributed by atoms with Crippen molar-refractivity contribution in [3.8, 4) is 0 Å². The van der Waals surface area contributed by atoms with Gasteiger partial charge >= 0.3 is 0 Å². The third kappa shape index (κ3) is 4.90. The number of para-hydroxylation sites is 1. The maximum Gasteiger partial charge on any atom is 0.231 e. The van der Waals surface area contributed by atoms with Crippen molar-refractivity contribution in [2.75, 3.05) is 11.4 Å². The molecule has 1 unspecified atom stereocenters. The molecule has 0 spiro atoms. The molecule has 5 nitrogen and oxygen atoms in total. The number of nitrogens with zero attached hydrogens (tertiary/aromatic N) is 3. The standard InChI is InChI=1S/C20H23N3O2/c1-2-18(24)14-23(17-11-7-4-8-12-17)15-19-21-20(25-22-19)13-16-9-5-3-6-10-16/h3-12,18,24H,2,13-15H2,1H3. The number of hydrogen-bond acceptors (Lipinski definition) is 5. The minimum atomic E-state index is -0.393. The molecule has 0 bridgehead atoms. The van der Waals surface area contributed by atoms with Gasteiger partial charge in [0.1, 0.15) is 0 Å². The molecule has 0 saturated heterocycles. The summed E-state index contributed by atoms with van der Waals surface area (Å²) < 4.78 is 5.39. The lowest BCUT2D eigenvalue weighted by molar-refractivity contribution is 0.175. The summed E-state index contributed by atoms with van der Waals surface area (Å²) in [6.45, 7) is 3.00. The molecule has 1 N–H and O–H groups in total. The number of rotatable bonds is 8. The Kier molecular flexibility index (Phi) is 5.80. The molecule has 0 radical (unpaired) electrons. The molecule has 0 aliphatic rings. The van der Waals surface area contributed by atoms with Crippen LogP contribution < -0.4 is 4.90 Å². The fraction of sp³-hybridized carbons (Fsp3) is 0.300. The second-order valence-electron chi connectivity index (χ2n) is 6.04. The molecule has 130 valence electrons. The highest BCUT2D eigenvalue weighted by Crippen LogP contribution is 2.17. The molecule has 1 atom stereocenters. The summed E-state index contributed by atoms with van der Waals surface area (Å²) in [6, 6.07) is 20.0. The van der Waals surface area contributed by atoms with E-state index in [9.17, 15) is 5.11 Å². The van der Waals surface area contributed by atoms with Crippen LogP contribution >= 0.6 is 0 Å². The zero-order valence-corrected chi connectivity index (χ0v) is 14.4. The van der Waals surface area contributed by atoms with Gasteiger partial charge in [0, 0.05) is 12.2 Å². The van der Waals surface area contributed by atoms with Gasteiger partial charge in [-0.25, -0.2) is 0 Å². The fourth-order valence-corrected chi connectivity index (χ4v) is 2.65. The van der Waals surface area contributed by atoms with Gasteiger partial charge < -0.3 is 14.5 Å². The first-order valence-electron chi connectivity index (χ1n) is 8.58. The minimum Gasteiger partial charge on any atom is -0.391 e. The molecule has 3 rings (SSSR count). The Bertz CT molecular complexity index is 759. The van der Waals surface area contributed by atoms with Crippen LogP contribution in [0.1, 0.15) is 30.6 Å². The van der Waals surface area contributed by atoms with E-state index in [1.807, 2.05) is 67.6 Å². The first kappa shape index (κ1) is 17.2. The monoisotopic (exact) mass is 337 g/mol. The van der Waals surface area contributed by atoms with Crippen LogP contribution in [0.3, 0.4) is 0 Å². The van der Waals surface area contributed by atoms with E-state index in [2.05, 4.69) is 15.0 Å². The third-order valence-electron chi connectivity index (χ3n) is 4.06. The number of benzene rings is 2. The largest absolute Gasteiger partial charge is 0.391 e. The number of aliphatic hydroxyl groups is 1. The average molecular weight is 337 g/mol. The minimum absolute atomic E-state index is 0.393. The lowest BCUT2D eigenvalue weighted by atomic mass is 10.1. The SMILES string of the molecule is CCC(O)CN(Cc1noc(Cc2ccccc2)n1)c1ccccc1. The van der Waals surface area contributed by atoms with Gasteiger partial charge in [-0.05, 0) is 24.1 Å². The van der Waals surface area contributed by atoms with Crippen LogP contribution in [0.15, 0.2) is 65.2 Å². The fourth-order valence-electron chi connectivity index (χ4n) is 2.65. The summed E-state index contributed by atoms with van der Waals surface area (Å²) in [5.41, 5.74) is 2.17. The number of anilines is 1. The molecule has 1 heterocycles. The Morgan fingerprint density at radius 3 is 2.40 bits per heavy atom.